The summed E-state index contributed by atoms with van der Waals surface area (Å²) in [6.45, 7) is 2.11. The van der Waals surface area contributed by atoms with Gasteiger partial charge in [0.15, 0.2) is 0 Å². The van der Waals surface area contributed by atoms with Crippen molar-refractivity contribution in [2.75, 3.05) is 11.9 Å². The molecule has 2 heterocycles. The highest BCUT2D eigenvalue weighted by Crippen LogP contribution is 2.29. The number of nitrogens with zero attached hydrogens (tertiary/aromatic N) is 2. The molecule has 1 amide bonds. The van der Waals surface area contributed by atoms with Crippen LogP contribution in [-0.4, -0.2) is 22.3 Å². The van der Waals surface area contributed by atoms with E-state index in [0.717, 1.165) is 17.0 Å². The Labute approximate surface area is 127 Å². The van der Waals surface area contributed by atoms with Crippen molar-refractivity contribution >= 4 is 29.4 Å². The topological polar surface area (TPSA) is 56.1 Å². The number of hydrogen-bond donors (Lipinski definition) is 1. The first-order valence-electron chi connectivity index (χ1n) is 6.48. The molecule has 3 rings (SSSR count). The molecular formula is C15H14ClN3O2. The van der Waals surface area contributed by atoms with Crippen LogP contribution < -0.4 is 10.1 Å². The van der Waals surface area contributed by atoms with Crippen molar-refractivity contribution in [2.45, 2.75) is 6.92 Å². The Bertz CT molecular complexity index is 749. The van der Waals surface area contributed by atoms with Crippen molar-refractivity contribution in [3.8, 4) is 5.75 Å². The van der Waals surface area contributed by atoms with E-state index in [1.807, 2.05) is 13.0 Å². The van der Waals surface area contributed by atoms with Crippen LogP contribution in [-0.2, 0) is 11.8 Å². The average Bonchev–Trinajstić information content (AvgIpc) is 2.76. The minimum Gasteiger partial charge on any atom is -0.488 e. The first-order valence-corrected chi connectivity index (χ1v) is 6.85. The monoisotopic (exact) mass is 303 g/mol. The summed E-state index contributed by atoms with van der Waals surface area (Å²) in [6.07, 6.45) is 1.79. The molecule has 0 saturated heterocycles. The lowest BCUT2D eigenvalue weighted by Gasteiger charge is -2.17. The molecule has 0 unspecified atom stereocenters. The van der Waals surface area contributed by atoms with Crippen molar-refractivity contribution < 1.29 is 9.53 Å². The molecule has 0 atom stereocenters. The third-order valence-electron chi connectivity index (χ3n) is 3.22. The summed E-state index contributed by atoms with van der Waals surface area (Å²) >= 11 is 5.96. The molecule has 1 aliphatic rings. The molecule has 0 aliphatic carbocycles. The van der Waals surface area contributed by atoms with Gasteiger partial charge in [0, 0.05) is 23.7 Å². The molecule has 21 heavy (non-hydrogen) atoms. The summed E-state index contributed by atoms with van der Waals surface area (Å²) < 4.78 is 7.20. The van der Waals surface area contributed by atoms with Gasteiger partial charge in [-0.05, 0) is 31.2 Å². The van der Waals surface area contributed by atoms with Crippen molar-refractivity contribution in [3.05, 3.63) is 46.1 Å². The van der Waals surface area contributed by atoms with Gasteiger partial charge < -0.3 is 10.1 Å². The van der Waals surface area contributed by atoms with Crippen LogP contribution in [0.4, 0.5) is 5.82 Å². The zero-order chi connectivity index (χ0) is 15.0. The van der Waals surface area contributed by atoms with Crippen LogP contribution >= 0.6 is 11.6 Å². The Kier molecular flexibility index (Phi) is 3.43. The van der Waals surface area contributed by atoms with Gasteiger partial charge >= 0.3 is 0 Å². The fraction of sp³-hybridized carbons (Fsp3) is 0.200. The molecule has 108 valence electrons. The average molecular weight is 304 g/mol. The van der Waals surface area contributed by atoms with E-state index < -0.39 is 0 Å². The van der Waals surface area contributed by atoms with E-state index in [0.29, 0.717) is 16.4 Å². The lowest BCUT2D eigenvalue weighted by molar-refractivity contribution is -0.113. The molecule has 0 radical (unpaired) electrons. The predicted molar refractivity (Wildman–Crippen MR) is 81.5 cm³/mol. The summed E-state index contributed by atoms with van der Waals surface area (Å²) in [5, 5.41) is 7.63. The smallest absolute Gasteiger partial charge is 0.256 e. The van der Waals surface area contributed by atoms with Crippen LogP contribution in [0.3, 0.4) is 0 Å². The zero-order valence-corrected chi connectivity index (χ0v) is 12.4. The first-order chi connectivity index (χ1) is 10.0. The molecule has 0 bridgehead atoms. The number of hydrogen-bond acceptors (Lipinski definition) is 3. The van der Waals surface area contributed by atoms with Gasteiger partial charge in [0.2, 0.25) is 0 Å². The van der Waals surface area contributed by atoms with E-state index >= 15 is 0 Å². The van der Waals surface area contributed by atoms with E-state index in [1.165, 1.54) is 0 Å². The number of aryl methyl sites for hydroxylation is 2. The lowest BCUT2D eigenvalue weighted by Crippen LogP contribution is -2.22. The van der Waals surface area contributed by atoms with Crippen LogP contribution in [0.2, 0.25) is 5.02 Å². The highest BCUT2D eigenvalue weighted by molar-refractivity contribution is 6.30. The fourth-order valence-electron chi connectivity index (χ4n) is 2.20. The third kappa shape index (κ3) is 2.78. The van der Waals surface area contributed by atoms with Gasteiger partial charge in [-0.25, -0.2) is 0 Å². The Morgan fingerprint density at radius 2 is 2.24 bits per heavy atom. The zero-order valence-electron chi connectivity index (χ0n) is 11.7. The van der Waals surface area contributed by atoms with Crippen molar-refractivity contribution in [1.29, 1.82) is 0 Å². The van der Waals surface area contributed by atoms with Crippen LogP contribution in [0.5, 0.6) is 5.75 Å². The first kappa shape index (κ1) is 13.7. The Balaban J connectivity index is 1.84. The summed E-state index contributed by atoms with van der Waals surface area (Å²) in [4.78, 5) is 12.3. The number of benzene rings is 1. The maximum Gasteiger partial charge on any atom is 0.256 e. The molecule has 1 N–H and O–H groups in total. The number of carbonyl (C=O) groups excluding carboxylic acids is 1. The van der Waals surface area contributed by atoms with Crippen LogP contribution in [0.15, 0.2) is 29.8 Å². The summed E-state index contributed by atoms with van der Waals surface area (Å²) in [6, 6.07) is 7.15. The number of ether oxygens (including phenoxy) is 1. The molecule has 5 nitrogen and oxygen atoms in total. The van der Waals surface area contributed by atoms with Gasteiger partial charge in [-0.1, -0.05) is 11.6 Å². The van der Waals surface area contributed by atoms with Crippen LogP contribution in [0, 0.1) is 6.92 Å². The number of carbonyl (C=O) groups is 1. The Morgan fingerprint density at radius 1 is 1.43 bits per heavy atom. The van der Waals surface area contributed by atoms with Crippen LogP contribution in [0.1, 0.15) is 11.3 Å². The maximum absolute atomic E-state index is 12.3. The molecule has 0 spiro atoms. The van der Waals surface area contributed by atoms with Crippen molar-refractivity contribution in [2.24, 2.45) is 7.05 Å². The van der Waals surface area contributed by atoms with Gasteiger partial charge in [-0.15, -0.1) is 0 Å². The second kappa shape index (κ2) is 5.26. The Hall–Kier alpha value is -2.27. The summed E-state index contributed by atoms with van der Waals surface area (Å²) in [5.41, 5.74) is 2.20. The number of amides is 1. The number of fused-ring (bicyclic) bond motifs is 1. The fourth-order valence-corrected chi connectivity index (χ4v) is 2.38. The highest BCUT2D eigenvalue weighted by Gasteiger charge is 2.18. The predicted octanol–water partition coefficient (Wildman–Crippen LogP) is 2.80. The summed E-state index contributed by atoms with van der Waals surface area (Å²) in [7, 11) is 1.78. The quantitative estimate of drug-likeness (QED) is 0.928. The largest absolute Gasteiger partial charge is 0.488 e. The van der Waals surface area contributed by atoms with Gasteiger partial charge in [0.05, 0.1) is 11.3 Å². The number of aromatic nitrogens is 2. The molecule has 1 aromatic heterocycles. The van der Waals surface area contributed by atoms with Crippen molar-refractivity contribution in [1.82, 2.24) is 9.78 Å². The molecule has 0 saturated carbocycles. The molecule has 2 aromatic rings. The van der Waals surface area contributed by atoms with Gasteiger partial charge in [0.1, 0.15) is 18.2 Å². The number of halogens is 1. The maximum atomic E-state index is 12.3. The van der Waals surface area contributed by atoms with E-state index in [2.05, 4.69) is 10.4 Å². The Morgan fingerprint density at radius 3 is 2.95 bits per heavy atom. The molecule has 1 aliphatic heterocycles. The van der Waals surface area contributed by atoms with Gasteiger partial charge in [-0.3, -0.25) is 9.48 Å². The van der Waals surface area contributed by atoms with Gasteiger partial charge in [0.25, 0.3) is 5.91 Å². The van der Waals surface area contributed by atoms with E-state index in [4.69, 9.17) is 16.3 Å². The number of rotatable bonds is 2. The molecule has 6 heteroatoms. The highest BCUT2D eigenvalue weighted by atomic mass is 35.5. The van der Waals surface area contributed by atoms with E-state index in [9.17, 15) is 4.79 Å². The van der Waals surface area contributed by atoms with Crippen LogP contribution in [0.25, 0.3) is 6.08 Å². The lowest BCUT2D eigenvalue weighted by atomic mass is 10.1. The number of anilines is 1. The third-order valence-corrected chi connectivity index (χ3v) is 3.46. The minimum absolute atomic E-state index is 0.205. The van der Waals surface area contributed by atoms with E-state index in [-0.39, 0.29) is 12.5 Å². The van der Waals surface area contributed by atoms with E-state index in [1.54, 1.807) is 36.0 Å². The standard InChI is InChI=1S/C15H14ClN3O2/c1-9-5-14(19(2)18-9)17-15(20)11-6-10-7-12(16)3-4-13(10)21-8-11/h3-7H,8H2,1-2H3,(H,17,20). The molecule has 1 aromatic carbocycles. The molecule has 0 fully saturated rings. The molecular weight excluding hydrogens is 290 g/mol. The summed E-state index contributed by atoms with van der Waals surface area (Å²) in [5.74, 6) is 1.17. The second-order valence-corrected chi connectivity index (χ2v) is 5.33. The van der Waals surface area contributed by atoms with Gasteiger partial charge in [-0.2, -0.15) is 5.10 Å². The normalized spacial score (nSPS) is 13.2. The second-order valence-electron chi connectivity index (χ2n) is 4.89. The number of nitrogens with one attached hydrogen (secondary N) is 1. The minimum atomic E-state index is -0.205. The van der Waals surface area contributed by atoms with Crippen molar-refractivity contribution in [3.63, 3.8) is 0 Å². The SMILES string of the molecule is Cc1cc(NC(=O)C2=Cc3cc(Cl)ccc3OC2)n(C)n1.